The zero-order chi connectivity index (χ0) is 18.4. The molecule has 25 heavy (non-hydrogen) atoms. The molecule has 2 rings (SSSR count). The molecule has 3 N–H and O–H groups in total. The molecule has 7 heteroatoms. The molecule has 2 aromatic carbocycles. The third kappa shape index (κ3) is 5.52. The predicted octanol–water partition coefficient (Wildman–Crippen LogP) is 4.08. The lowest BCUT2D eigenvalue weighted by Crippen LogP contribution is -2.36. The fraction of sp³-hybridized carbons (Fsp3) is 0.111. The summed E-state index contributed by atoms with van der Waals surface area (Å²) in [4.78, 5) is 24.0. The first kappa shape index (κ1) is 18.8. The second-order valence-corrected chi connectivity index (χ2v) is 6.16. The second-order valence-electron chi connectivity index (χ2n) is 5.32. The predicted molar refractivity (Wildman–Crippen MR) is 101 cm³/mol. The van der Waals surface area contributed by atoms with Crippen molar-refractivity contribution in [3.8, 4) is 0 Å². The van der Waals surface area contributed by atoms with E-state index in [1.807, 2.05) is 6.92 Å². The second kappa shape index (κ2) is 8.55. The molecule has 0 saturated heterocycles. The van der Waals surface area contributed by atoms with Crippen LogP contribution in [0.2, 0.25) is 10.0 Å². The number of benzene rings is 2. The van der Waals surface area contributed by atoms with E-state index in [4.69, 9.17) is 23.2 Å². The summed E-state index contributed by atoms with van der Waals surface area (Å²) in [5, 5.41) is 3.78. The highest BCUT2D eigenvalue weighted by atomic mass is 35.5. The Bertz CT molecular complexity index is 835. The lowest BCUT2D eigenvalue weighted by Gasteiger charge is -2.10. The summed E-state index contributed by atoms with van der Waals surface area (Å²) in [5.41, 5.74) is 7.46. The number of halogens is 2. The van der Waals surface area contributed by atoms with Crippen molar-refractivity contribution in [3.63, 3.8) is 0 Å². The van der Waals surface area contributed by atoms with E-state index < -0.39 is 0 Å². The molecule has 2 aromatic rings. The summed E-state index contributed by atoms with van der Waals surface area (Å²) in [7, 11) is 0. The van der Waals surface area contributed by atoms with Crippen molar-refractivity contribution in [3.05, 3.63) is 75.4 Å². The van der Waals surface area contributed by atoms with E-state index in [1.165, 1.54) is 6.08 Å². The summed E-state index contributed by atoms with van der Waals surface area (Å²) in [6.45, 7) is 3.47. The number of allylic oxidation sites excluding steroid dienone is 1. The zero-order valence-corrected chi connectivity index (χ0v) is 15.2. The fourth-order valence-corrected chi connectivity index (χ4v) is 2.37. The summed E-state index contributed by atoms with van der Waals surface area (Å²) in [6, 6.07) is 11.8. The van der Waals surface area contributed by atoms with Crippen molar-refractivity contribution < 1.29 is 9.59 Å². The van der Waals surface area contributed by atoms with Crippen LogP contribution in [0, 0.1) is 6.92 Å². The van der Waals surface area contributed by atoms with Gasteiger partial charge in [-0.2, -0.15) is 0 Å². The minimum Gasteiger partial charge on any atom is -0.322 e. The molecular weight excluding hydrogens is 361 g/mol. The molecule has 0 aliphatic carbocycles. The summed E-state index contributed by atoms with van der Waals surface area (Å²) < 4.78 is 0. The maximum absolute atomic E-state index is 12.0. The van der Waals surface area contributed by atoms with Gasteiger partial charge in [0.05, 0.1) is 0 Å². The first-order valence-corrected chi connectivity index (χ1v) is 8.18. The van der Waals surface area contributed by atoms with Crippen molar-refractivity contribution in [1.82, 2.24) is 10.9 Å². The van der Waals surface area contributed by atoms with Gasteiger partial charge < -0.3 is 10.7 Å². The number of amides is 2. The molecule has 0 fully saturated rings. The quantitative estimate of drug-likeness (QED) is 0.543. The Labute approximate surface area is 156 Å². The van der Waals surface area contributed by atoms with Crippen molar-refractivity contribution >= 4 is 40.7 Å². The zero-order valence-electron chi connectivity index (χ0n) is 13.7. The number of nitrogens with one attached hydrogen (secondary N) is 3. The molecule has 0 radical (unpaired) electrons. The van der Waals surface area contributed by atoms with Gasteiger partial charge in [-0.05, 0) is 49.7 Å². The van der Waals surface area contributed by atoms with Crippen LogP contribution in [0.1, 0.15) is 22.8 Å². The van der Waals surface area contributed by atoms with Gasteiger partial charge in [0.2, 0.25) is 5.91 Å². The number of anilines is 1. The van der Waals surface area contributed by atoms with Crippen LogP contribution in [0.25, 0.3) is 0 Å². The van der Waals surface area contributed by atoms with Gasteiger partial charge in [-0.3, -0.25) is 15.0 Å². The number of rotatable bonds is 5. The largest absolute Gasteiger partial charge is 0.322 e. The number of hydrogen-bond donors (Lipinski definition) is 3. The van der Waals surface area contributed by atoms with Crippen LogP contribution in [-0.2, 0) is 4.79 Å². The average molecular weight is 378 g/mol. The molecule has 0 saturated carbocycles. The van der Waals surface area contributed by atoms with Crippen LogP contribution in [-0.4, -0.2) is 11.8 Å². The van der Waals surface area contributed by atoms with Gasteiger partial charge in [-0.15, -0.1) is 0 Å². The Hall–Kier alpha value is -2.50. The lowest BCUT2D eigenvalue weighted by molar-refractivity contribution is -0.112. The first-order valence-electron chi connectivity index (χ1n) is 7.43. The van der Waals surface area contributed by atoms with Crippen LogP contribution < -0.4 is 16.2 Å². The van der Waals surface area contributed by atoms with E-state index in [-0.39, 0.29) is 11.8 Å². The Balaban J connectivity index is 1.93. The standard InChI is InChI=1S/C18H17Cl2N3O2/c1-11(22-23-18(25)13-5-3-6-14(19)10-13)9-17(24)21-16-8-4-7-15(20)12(16)2/h3-10,22H,1-2H3,(H,21,24)(H,23,25). The van der Waals surface area contributed by atoms with Gasteiger partial charge in [0.1, 0.15) is 0 Å². The molecule has 0 unspecified atom stereocenters. The molecule has 0 heterocycles. The van der Waals surface area contributed by atoms with Gasteiger partial charge in [0.15, 0.2) is 0 Å². The highest BCUT2D eigenvalue weighted by Crippen LogP contribution is 2.22. The smallest absolute Gasteiger partial charge is 0.269 e. The highest BCUT2D eigenvalue weighted by molar-refractivity contribution is 6.32. The minimum absolute atomic E-state index is 0.340. The SMILES string of the molecule is CC(=CC(=O)Nc1cccc(Cl)c1C)NNC(=O)c1cccc(Cl)c1. The Morgan fingerprint density at radius 2 is 1.76 bits per heavy atom. The van der Waals surface area contributed by atoms with Crippen molar-refractivity contribution in [2.75, 3.05) is 5.32 Å². The van der Waals surface area contributed by atoms with Gasteiger partial charge in [-0.1, -0.05) is 35.3 Å². The molecule has 0 atom stereocenters. The normalized spacial score (nSPS) is 11.0. The Morgan fingerprint density at radius 3 is 2.48 bits per heavy atom. The van der Waals surface area contributed by atoms with Crippen molar-refractivity contribution in [1.29, 1.82) is 0 Å². The Morgan fingerprint density at radius 1 is 1.04 bits per heavy atom. The molecular formula is C18H17Cl2N3O2. The van der Waals surface area contributed by atoms with E-state index >= 15 is 0 Å². The lowest BCUT2D eigenvalue weighted by atomic mass is 10.2. The van der Waals surface area contributed by atoms with Gasteiger partial charge in [0.25, 0.3) is 5.91 Å². The average Bonchev–Trinajstić information content (AvgIpc) is 2.56. The maximum Gasteiger partial charge on any atom is 0.269 e. The minimum atomic E-state index is -0.360. The Kier molecular flexibility index (Phi) is 6.44. The molecule has 5 nitrogen and oxygen atoms in total. The monoisotopic (exact) mass is 377 g/mol. The summed E-state index contributed by atoms with van der Waals surface area (Å²) >= 11 is 11.9. The van der Waals surface area contributed by atoms with Crippen LogP contribution in [0.4, 0.5) is 5.69 Å². The molecule has 2 amide bonds. The summed E-state index contributed by atoms with van der Waals surface area (Å²) in [6.07, 6.45) is 1.33. The highest BCUT2D eigenvalue weighted by Gasteiger charge is 2.07. The van der Waals surface area contributed by atoms with Gasteiger partial charge in [0, 0.05) is 33.1 Å². The number of hydrogen-bond acceptors (Lipinski definition) is 3. The van der Waals surface area contributed by atoms with E-state index in [2.05, 4.69) is 16.2 Å². The maximum atomic E-state index is 12.0. The van der Waals surface area contributed by atoms with E-state index in [0.29, 0.717) is 27.0 Å². The molecule has 130 valence electrons. The third-order valence-electron chi connectivity index (χ3n) is 3.33. The molecule has 0 bridgehead atoms. The van der Waals surface area contributed by atoms with Crippen LogP contribution >= 0.6 is 23.2 Å². The van der Waals surface area contributed by atoms with Gasteiger partial charge in [-0.25, -0.2) is 0 Å². The first-order chi connectivity index (χ1) is 11.9. The number of carbonyl (C=O) groups is 2. The molecule has 0 aromatic heterocycles. The van der Waals surface area contributed by atoms with Crippen LogP contribution in [0.5, 0.6) is 0 Å². The summed E-state index contributed by atoms with van der Waals surface area (Å²) in [5.74, 6) is -0.700. The molecule has 0 spiro atoms. The van der Waals surface area contributed by atoms with E-state index in [1.54, 1.807) is 49.4 Å². The fourth-order valence-electron chi connectivity index (χ4n) is 2.00. The van der Waals surface area contributed by atoms with Crippen LogP contribution in [0.15, 0.2) is 54.2 Å². The van der Waals surface area contributed by atoms with Crippen molar-refractivity contribution in [2.45, 2.75) is 13.8 Å². The van der Waals surface area contributed by atoms with E-state index in [9.17, 15) is 9.59 Å². The number of hydrazine groups is 1. The van der Waals surface area contributed by atoms with Crippen molar-refractivity contribution in [2.24, 2.45) is 0 Å². The molecule has 0 aliphatic heterocycles. The topological polar surface area (TPSA) is 70.2 Å². The molecule has 0 aliphatic rings. The van der Waals surface area contributed by atoms with Crippen LogP contribution in [0.3, 0.4) is 0 Å². The number of carbonyl (C=O) groups excluding carboxylic acids is 2. The van der Waals surface area contributed by atoms with E-state index in [0.717, 1.165) is 5.56 Å². The third-order valence-corrected chi connectivity index (χ3v) is 3.98. The van der Waals surface area contributed by atoms with Gasteiger partial charge >= 0.3 is 0 Å².